The van der Waals surface area contributed by atoms with E-state index >= 15 is 0 Å². The highest BCUT2D eigenvalue weighted by Gasteiger charge is 2.18. The molecule has 0 radical (unpaired) electrons. The van der Waals surface area contributed by atoms with Crippen molar-refractivity contribution in [3.8, 4) is 44.5 Å². The van der Waals surface area contributed by atoms with Gasteiger partial charge in [0.05, 0.1) is 0 Å². The van der Waals surface area contributed by atoms with Gasteiger partial charge in [0.25, 0.3) is 0 Å². The summed E-state index contributed by atoms with van der Waals surface area (Å²) >= 11 is 0. The van der Waals surface area contributed by atoms with Gasteiger partial charge in [-0.25, -0.2) is 0 Å². The smallest absolute Gasteiger partial charge is 0.00259 e. The quantitative estimate of drug-likeness (QED) is 0.181. The fraction of sp³-hybridized carbons (Fsp3) is 0. The topological polar surface area (TPSA) is 0 Å². The van der Waals surface area contributed by atoms with Crippen molar-refractivity contribution in [1.82, 2.24) is 0 Å². The summed E-state index contributed by atoms with van der Waals surface area (Å²) in [6.07, 6.45) is 0. The van der Waals surface area contributed by atoms with Crippen LogP contribution >= 0.6 is 0 Å². The Hall–Kier alpha value is -5.98. The van der Waals surface area contributed by atoms with Crippen molar-refractivity contribution >= 4 is 43.1 Å². The normalized spacial score (nSPS) is 11.5. The highest BCUT2D eigenvalue weighted by Crippen LogP contribution is 2.46. The summed E-state index contributed by atoms with van der Waals surface area (Å²) in [5.41, 5.74) is 9.94. The molecule has 0 saturated carbocycles. The third kappa shape index (κ3) is 4.38. The number of rotatable bonds is 4. The highest BCUT2D eigenvalue weighted by atomic mass is 14.2. The lowest BCUT2D eigenvalue weighted by molar-refractivity contribution is 1.61. The molecule has 0 saturated heterocycles. The molecule has 0 heteroatoms. The van der Waals surface area contributed by atoms with Crippen LogP contribution in [0.1, 0.15) is 0 Å². The minimum Gasteiger partial charge on any atom is -0.0622 e. The van der Waals surface area contributed by atoms with E-state index in [9.17, 15) is 0 Å². The SMILES string of the molecule is c1ccc(-c2cccc(-c3c4ccccc4c(-c4ccc5ccccc5c4)c4ccc(-c5cccc6ccccc56)cc34)c2)cc1. The van der Waals surface area contributed by atoms with Crippen LogP contribution < -0.4 is 0 Å². The fourth-order valence-electron chi connectivity index (χ4n) is 7.27. The van der Waals surface area contributed by atoms with E-state index in [2.05, 4.69) is 182 Å². The molecule has 9 rings (SSSR count). The van der Waals surface area contributed by atoms with Crippen molar-refractivity contribution < 1.29 is 0 Å². The predicted octanol–water partition coefficient (Wildman–Crippen LogP) is 13.0. The molecule has 0 fully saturated rings. The maximum absolute atomic E-state index is 2.43. The zero-order chi connectivity index (χ0) is 30.5. The Morgan fingerprint density at radius 3 is 1.59 bits per heavy atom. The highest BCUT2D eigenvalue weighted by molar-refractivity contribution is 6.22. The molecular weight excluding hydrogens is 553 g/mol. The molecule has 0 atom stereocenters. The molecule has 0 aliphatic carbocycles. The van der Waals surface area contributed by atoms with Crippen LogP contribution in [0.15, 0.2) is 182 Å². The van der Waals surface area contributed by atoms with Crippen molar-refractivity contribution in [3.63, 3.8) is 0 Å². The van der Waals surface area contributed by atoms with Gasteiger partial charge in [-0.05, 0) is 106 Å². The van der Waals surface area contributed by atoms with Crippen molar-refractivity contribution in [3.05, 3.63) is 182 Å². The van der Waals surface area contributed by atoms with Crippen LogP contribution in [0.2, 0.25) is 0 Å². The summed E-state index contributed by atoms with van der Waals surface area (Å²) in [4.78, 5) is 0. The minimum atomic E-state index is 1.22. The lowest BCUT2D eigenvalue weighted by Crippen LogP contribution is -1.92. The second kappa shape index (κ2) is 10.9. The lowest BCUT2D eigenvalue weighted by atomic mass is 9.84. The Bertz CT molecular complexity index is 2570. The molecule has 9 aromatic carbocycles. The Balaban J connectivity index is 1.39. The molecular formula is C46H30. The molecule has 0 nitrogen and oxygen atoms in total. The molecule has 0 heterocycles. The molecule has 0 N–H and O–H groups in total. The van der Waals surface area contributed by atoms with E-state index in [0.717, 1.165) is 0 Å². The summed E-state index contributed by atoms with van der Waals surface area (Å²) in [5, 5.41) is 10.1. The largest absolute Gasteiger partial charge is 0.0622 e. The first-order valence-corrected chi connectivity index (χ1v) is 15.9. The molecule has 0 spiro atoms. The van der Waals surface area contributed by atoms with E-state index in [1.54, 1.807) is 0 Å². The molecule has 214 valence electrons. The number of hydrogen-bond donors (Lipinski definition) is 0. The van der Waals surface area contributed by atoms with Crippen LogP contribution in [-0.2, 0) is 0 Å². The van der Waals surface area contributed by atoms with Gasteiger partial charge in [0, 0.05) is 0 Å². The second-order valence-electron chi connectivity index (χ2n) is 12.1. The maximum Gasteiger partial charge on any atom is -0.00259 e. The zero-order valence-electron chi connectivity index (χ0n) is 25.3. The van der Waals surface area contributed by atoms with Crippen LogP contribution in [0.4, 0.5) is 0 Å². The first-order valence-electron chi connectivity index (χ1n) is 15.9. The number of hydrogen-bond acceptors (Lipinski definition) is 0. The van der Waals surface area contributed by atoms with Gasteiger partial charge in [-0.1, -0.05) is 164 Å². The zero-order valence-corrected chi connectivity index (χ0v) is 25.3. The molecule has 0 bridgehead atoms. The van der Waals surface area contributed by atoms with Gasteiger partial charge >= 0.3 is 0 Å². The van der Waals surface area contributed by atoms with Crippen molar-refractivity contribution in [2.45, 2.75) is 0 Å². The summed E-state index contributed by atoms with van der Waals surface area (Å²) in [6, 6.07) is 66.6. The van der Waals surface area contributed by atoms with Gasteiger partial charge in [0.1, 0.15) is 0 Å². The van der Waals surface area contributed by atoms with Crippen LogP contribution in [0.3, 0.4) is 0 Å². The average Bonchev–Trinajstić information content (AvgIpc) is 3.13. The van der Waals surface area contributed by atoms with Crippen LogP contribution in [0, 0.1) is 0 Å². The van der Waals surface area contributed by atoms with E-state index < -0.39 is 0 Å². The van der Waals surface area contributed by atoms with Crippen molar-refractivity contribution in [2.24, 2.45) is 0 Å². The van der Waals surface area contributed by atoms with E-state index in [-0.39, 0.29) is 0 Å². The van der Waals surface area contributed by atoms with E-state index in [4.69, 9.17) is 0 Å². The molecule has 9 aromatic rings. The Kier molecular flexibility index (Phi) is 6.25. The van der Waals surface area contributed by atoms with Gasteiger partial charge in [0.15, 0.2) is 0 Å². The first-order chi connectivity index (χ1) is 22.8. The third-order valence-electron chi connectivity index (χ3n) is 9.42. The lowest BCUT2D eigenvalue weighted by Gasteiger charge is -2.20. The summed E-state index contributed by atoms with van der Waals surface area (Å²) < 4.78 is 0. The van der Waals surface area contributed by atoms with E-state index in [1.165, 1.54) is 87.6 Å². The maximum atomic E-state index is 2.43. The van der Waals surface area contributed by atoms with Gasteiger partial charge in [-0.2, -0.15) is 0 Å². The standard InChI is InChI=1S/C46H30/c1-2-12-31(13-3-1)35-18-10-19-37(28-35)46-42-22-9-8-21-41(42)45(38-25-24-32-14-4-5-16-34(32)29-38)43-27-26-36(30-44(43)46)40-23-11-17-33-15-6-7-20-39(33)40/h1-30H. The number of benzene rings is 9. The Labute approximate surface area is 268 Å². The van der Waals surface area contributed by atoms with Gasteiger partial charge in [0.2, 0.25) is 0 Å². The Morgan fingerprint density at radius 1 is 0.217 bits per heavy atom. The molecule has 0 aliphatic rings. The van der Waals surface area contributed by atoms with Gasteiger partial charge in [-0.3, -0.25) is 0 Å². The molecule has 0 amide bonds. The summed E-state index contributed by atoms with van der Waals surface area (Å²) in [5.74, 6) is 0. The Morgan fingerprint density at radius 2 is 0.761 bits per heavy atom. The van der Waals surface area contributed by atoms with Crippen LogP contribution in [0.25, 0.3) is 87.6 Å². The van der Waals surface area contributed by atoms with E-state index in [0.29, 0.717) is 0 Å². The predicted molar refractivity (Wildman–Crippen MR) is 198 cm³/mol. The number of fused-ring (bicyclic) bond motifs is 4. The molecule has 0 aromatic heterocycles. The molecule has 46 heavy (non-hydrogen) atoms. The summed E-state index contributed by atoms with van der Waals surface area (Å²) in [6.45, 7) is 0. The fourth-order valence-corrected chi connectivity index (χ4v) is 7.27. The third-order valence-corrected chi connectivity index (χ3v) is 9.42. The minimum absolute atomic E-state index is 1.22. The monoisotopic (exact) mass is 582 g/mol. The van der Waals surface area contributed by atoms with Gasteiger partial charge < -0.3 is 0 Å². The first kappa shape index (κ1) is 26.4. The molecule has 0 unspecified atom stereocenters. The van der Waals surface area contributed by atoms with Gasteiger partial charge in [-0.15, -0.1) is 0 Å². The van der Waals surface area contributed by atoms with Crippen LogP contribution in [-0.4, -0.2) is 0 Å². The van der Waals surface area contributed by atoms with Crippen molar-refractivity contribution in [2.75, 3.05) is 0 Å². The summed E-state index contributed by atoms with van der Waals surface area (Å²) in [7, 11) is 0. The second-order valence-corrected chi connectivity index (χ2v) is 12.1. The molecule has 0 aliphatic heterocycles. The van der Waals surface area contributed by atoms with E-state index in [1.807, 2.05) is 0 Å². The average molecular weight is 583 g/mol. The van der Waals surface area contributed by atoms with Crippen LogP contribution in [0.5, 0.6) is 0 Å². The van der Waals surface area contributed by atoms with Crippen molar-refractivity contribution in [1.29, 1.82) is 0 Å².